The summed E-state index contributed by atoms with van der Waals surface area (Å²) in [5.41, 5.74) is 5.10. The molecule has 3 aliphatic rings. The second-order valence-electron chi connectivity index (χ2n) is 9.78. The zero-order valence-electron chi connectivity index (χ0n) is 19.8. The van der Waals surface area contributed by atoms with Crippen LogP contribution in [0, 0.1) is 23.1 Å². The van der Waals surface area contributed by atoms with Gasteiger partial charge in [-0.25, -0.2) is 9.38 Å². The highest BCUT2D eigenvalue weighted by atomic mass is 19.1. The Morgan fingerprint density at radius 2 is 1.89 bits per heavy atom. The molecule has 2 heterocycles. The number of likely N-dealkylation sites (tertiary alicyclic amines) is 1. The molecule has 180 valence electrons. The van der Waals surface area contributed by atoms with Crippen molar-refractivity contribution in [3.63, 3.8) is 0 Å². The number of amides is 1. The third kappa shape index (κ3) is 4.92. The fraction of sp³-hybridized carbons (Fsp3) is 0.414. The third-order valence-electron chi connectivity index (χ3n) is 7.34. The molecule has 1 atom stereocenters. The number of rotatable bonds is 8. The summed E-state index contributed by atoms with van der Waals surface area (Å²) in [6.45, 7) is 1.47. The molecule has 1 N–H and O–H groups in total. The Morgan fingerprint density at radius 3 is 2.51 bits per heavy atom. The zero-order valence-corrected chi connectivity index (χ0v) is 19.8. The van der Waals surface area contributed by atoms with Crippen LogP contribution in [0.4, 0.5) is 4.39 Å². The molecule has 1 saturated heterocycles. The van der Waals surface area contributed by atoms with Gasteiger partial charge in [-0.2, -0.15) is 5.26 Å². The summed E-state index contributed by atoms with van der Waals surface area (Å²) in [6, 6.07) is 15.1. The second-order valence-corrected chi connectivity index (χ2v) is 9.78. The number of halogens is 1. The number of aliphatic hydroxyl groups is 1. The molecule has 1 unspecified atom stereocenters. The molecule has 1 amide bonds. The minimum absolute atomic E-state index is 0.0126. The maximum Gasteiger partial charge on any atom is 0.272 e. The Kier molecular flexibility index (Phi) is 6.79. The Bertz CT molecular complexity index is 1220. The van der Waals surface area contributed by atoms with E-state index in [4.69, 9.17) is 10.3 Å². The number of hydrogen-bond acceptors (Lipinski definition) is 4. The van der Waals surface area contributed by atoms with Crippen LogP contribution in [0.25, 0.3) is 0 Å². The van der Waals surface area contributed by atoms with E-state index in [1.165, 1.54) is 30.5 Å². The second kappa shape index (κ2) is 10.1. The van der Waals surface area contributed by atoms with Crippen molar-refractivity contribution < 1.29 is 14.3 Å². The van der Waals surface area contributed by atoms with Gasteiger partial charge in [0.05, 0.1) is 11.3 Å². The fourth-order valence-electron chi connectivity index (χ4n) is 5.25. The molecule has 2 aromatic carbocycles. The standard InChI is InChI=1S/C29H30FN3O2/c30-26-17-22(11-12-23(26)18-31)27-25(16-19-5-7-20(8-6-19)21-9-10-21)24(4-3-15-34)28(32-27)29(35)33-13-1-2-14-33/h5-8,11-12,17,21,25,34H,1-4,9-10,13-16H2. The van der Waals surface area contributed by atoms with Gasteiger partial charge in [0.2, 0.25) is 0 Å². The molecule has 5 nitrogen and oxygen atoms in total. The van der Waals surface area contributed by atoms with Crippen LogP contribution in [-0.2, 0) is 11.2 Å². The highest BCUT2D eigenvalue weighted by Gasteiger charge is 2.36. The molecule has 0 aromatic heterocycles. The summed E-state index contributed by atoms with van der Waals surface area (Å²) in [5, 5.41) is 18.7. The first-order chi connectivity index (χ1) is 17.1. The van der Waals surface area contributed by atoms with Crippen molar-refractivity contribution in [2.24, 2.45) is 10.9 Å². The lowest BCUT2D eigenvalue weighted by Crippen LogP contribution is -2.29. The van der Waals surface area contributed by atoms with E-state index >= 15 is 0 Å². The van der Waals surface area contributed by atoms with Gasteiger partial charge in [-0.1, -0.05) is 30.3 Å². The average molecular weight is 472 g/mol. The highest BCUT2D eigenvalue weighted by molar-refractivity contribution is 6.11. The maximum atomic E-state index is 14.6. The zero-order chi connectivity index (χ0) is 24.4. The quantitative estimate of drug-likeness (QED) is 0.596. The number of benzene rings is 2. The van der Waals surface area contributed by atoms with E-state index in [2.05, 4.69) is 24.3 Å². The van der Waals surface area contributed by atoms with Crippen LogP contribution in [0.2, 0.25) is 0 Å². The molecule has 35 heavy (non-hydrogen) atoms. The van der Waals surface area contributed by atoms with Gasteiger partial charge in [-0.15, -0.1) is 0 Å². The van der Waals surface area contributed by atoms with Crippen molar-refractivity contribution in [1.29, 1.82) is 5.26 Å². The normalized spacial score (nSPS) is 19.7. The Morgan fingerprint density at radius 1 is 1.14 bits per heavy atom. The van der Waals surface area contributed by atoms with Crippen LogP contribution in [-0.4, -0.2) is 41.3 Å². The Hall–Kier alpha value is -3.30. The fourth-order valence-corrected chi connectivity index (χ4v) is 5.25. The lowest BCUT2D eigenvalue weighted by atomic mass is 9.83. The van der Waals surface area contributed by atoms with Crippen molar-refractivity contribution >= 4 is 11.6 Å². The predicted molar refractivity (Wildman–Crippen MR) is 132 cm³/mol. The first-order valence-electron chi connectivity index (χ1n) is 12.6. The molecule has 6 heteroatoms. The SMILES string of the molecule is N#Cc1ccc(C2=NC(C(=O)N3CCCC3)=C(CCCO)C2Cc2ccc(C3CC3)cc2)cc1F. The van der Waals surface area contributed by atoms with E-state index < -0.39 is 5.82 Å². The van der Waals surface area contributed by atoms with Gasteiger partial charge < -0.3 is 10.0 Å². The van der Waals surface area contributed by atoms with E-state index in [0.29, 0.717) is 42.2 Å². The van der Waals surface area contributed by atoms with E-state index in [9.17, 15) is 14.3 Å². The topological polar surface area (TPSA) is 76.7 Å². The maximum absolute atomic E-state index is 14.6. The lowest BCUT2D eigenvalue weighted by Gasteiger charge is -2.20. The Labute approximate surface area is 205 Å². The van der Waals surface area contributed by atoms with Gasteiger partial charge in [0.25, 0.3) is 5.91 Å². The number of aliphatic hydroxyl groups excluding tert-OH is 1. The molecular formula is C29H30FN3O2. The molecule has 5 rings (SSSR count). The van der Waals surface area contributed by atoms with Gasteiger partial charge in [0, 0.05) is 25.6 Å². The number of nitrogens with zero attached hydrogens (tertiary/aromatic N) is 3. The van der Waals surface area contributed by atoms with Crippen LogP contribution in [0.3, 0.4) is 0 Å². The number of nitriles is 1. The van der Waals surface area contributed by atoms with Crippen molar-refractivity contribution in [2.75, 3.05) is 19.7 Å². The van der Waals surface area contributed by atoms with Crippen LogP contribution in [0.5, 0.6) is 0 Å². The molecule has 2 aliphatic heterocycles. The minimum atomic E-state index is -0.587. The van der Waals surface area contributed by atoms with Crippen LogP contribution < -0.4 is 0 Å². The number of carbonyl (C=O) groups excluding carboxylic acids is 1. The van der Waals surface area contributed by atoms with Gasteiger partial charge in [0.1, 0.15) is 17.6 Å². The van der Waals surface area contributed by atoms with Crippen molar-refractivity contribution in [3.05, 3.63) is 81.8 Å². The van der Waals surface area contributed by atoms with Crippen LogP contribution >= 0.6 is 0 Å². The molecule has 0 spiro atoms. The summed E-state index contributed by atoms with van der Waals surface area (Å²) < 4.78 is 14.6. The number of hydrogen-bond donors (Lipinski definition) is 1. The van der Waals surface area contributed by atoms with Crippen molar-refractivity contribution in [3.8, 4) is 6.07 Å². The summed E-state index contributed by atoms with van der Waals surface area (Å²) in [6.07, 6.45) is 6.20. The summed E-state index contributed by atoms with van der Waals surface area (Å²) >= 11 is 0. The summed E-state index contributed by atoms with van der Waals surface area (Å²) in [4.78, 5) is 20.2. The minimum Gasteiger partial charge on any atom is -0.396 e. The van der Waals surface area contributed by atoms with Crippen LogP contribution in [0.1, 0.15) is 66.7 Å². The molecular weight excluding hydrogens is 441 g/mol. The van der Waals surface area contributed by atoms with E-state index in [0.717, 1.165) is 37.1 Å². The third-order valence-corrected chi connectivity index (χ3v) is 7.34. The summed E-state index contributed by atoms with van der Waals surface area (Å²) in [5.74, 6) is -0.175. The first kappa shape index (κ1) is 23.4. The number of carbonyl (C=O) groups is 1. The monoisotopic (exact) mass is 471 g/mol. The molecule has 2 fully saturated rings. The molecule has 0 bridgehead atoms. The van der Waals surface area contributed by atoms with Crippen molar-refractivity contribution in [2.45, 2.75) is 50.9 Å². The highest BCUT2D eigenvalue weighted by Crippen LogP contribution is 2.41. The van der Waals surface area contributed by atoms with Gasteiger partial charge in [-0.3, -0.25) is 4.79 Å². The largest absolute Gasteiger partial charge is 0.396 e. The van der Waals surface area contributed by atoms with E-state index in [1.54, 1.807) is 6.07 Å². The molecule has 2 aromatic rings. The Balaban J connectivity index is 1.53. The summed E-state index contributed by atoms with van der Waals surface area (Å²) in [7, 11) is 0. The molecule has 1 saturated carbocycles. The number of aliphatic imine (C=N–C) groups is 1. The van der Waals surface area contributed by atoms with E-state index in [-0.39, 0.29) is 24.0 Å². The smallest absolute Gasteiger partial charge is 0.272 e. The average Bonchev–Trinajstić information content (AvgIpc) is 3.45. The van der Waals surface area contributed by atoms with Crippen molar-refractivity contribution in [1.82, 2.24) is 4.90 Å². The number of allylic oxidation sites excluding steroid dienone is 1. The van der Waals surface area contributed by atoms with Crippen LogP contribution in [0.15, 0.2) is 58.7 Å². The van der Waals surface area contributed by atoms with Gasteiger partial charge in [-0.05, 0) is 85.3 Å². The predicted octanol–water partition coefficient (Wildman–Crippen LogP) is 4.89. The lowest BCUT2D eigenvalue weighted by molar-refractivity contribution is -0.126. The first-order valence-corrected chi connectivity index (χ1v) is 12.6. The molecule has 1 aliphatic carbocycles. The van der Waals surface area contributed by atoms with Gasteiger partial charge in [0.15, 0.2) is 0 Å². The molecule has 0 radical (unpaired) electrons. The van der Waals surface area contributed by atoms with Gasteiger partial charge >= 0.3 is 0 Å². The van der Waals surface area contributed by atoms with E-state index in [1.807, 2.05) is 11.0 Å².